The van der Waals surface area contributed by atoms with Crippen molar-refractivity contribution in [1.82, 2.24) is 0 Å². The smallest absolute Gasteiger partial charge is 0.206 e. The van der Waals surface area contributed by atoms with Gasteiger partial charge in [0, 0.05) is 12.3 Å². The minimum absolute atomic E-state index is 0.0683. The van der Waals surface area contributed by atoms with E-state index >= 15 is 0 Å². The molecule has 7 heavy (non-hydrogen) atoms. The van der Waals surface area contributed by atoms with Gasteiger partial charge < -0.3 is 0 Å². The molecule has 0 nitrogen and oxygen atoms in total. The summed E-state index contributed by atoms with van der Waals surface area (Å²) in [4.78, 5) is 0. The summed E-state index contributed by atoms with van der Waals surface area (Å²) < 4.78 is 23.8. The average molecular weight is 105 g/mol. The lowest BCUT2D eigenvalue weighted by Gasteiger charge is -2.32. The summed E-state index contributed by atoms with van der Waals surface area (Å²) in [6.07, 6.45) is 0.686. The monoisotopic (exact) mass is 105 g/mol. The zero-order valence-corrected chi connectivity index (χ0v) is 4.17. The van der Waals surface area contributed by atoms with E-state index in [1.807, 2.05) is 0 Å². The third-order valence-electron chi connectivity index (χ3n) is 1.44. The Balaban J connectivity index is 2.43. The molecule has 1 radical (unpaired) electrons. The second-order valence-electron chi connectivity index (χ2n) is 1.98. The zero-order valence-electron chi connectivity index (χ0n) is 4.17. The largest absolute Gasteiger partial charge is 0.254 e. The molecule has 0 aliphatic heterocycles. The first-order chi connectivity index (χ1) is 3.13. The first-order valence-electron chi connectivity index (χ1n) is 2.34. The molecule has 0 saturated heterocycles. The molecule has 1 rings (SSSR count). The van der Waals surface area contributed by atoms with Gasteiger partial charge in [0.05, 0.1) is 0 Å². The number of alkyl halides is 2. The van der Waals surface area contributed by atoms with Crippen molar-refractivity contribution in [2.24, 2.45) is 0 Å². The van der Waals surface area contributed by atoms with Crippen molar-refractivity contribution in [2.45, 2.75) is 25.7 Å². The Hall–Kier alpha value is -0.140. The first kappa shape index (κ1) is 5.01. The van der Waals surface area contributed by atoms with E-state index in [0.717, 1.165) is 0 Å². The van der Waals surface area contributed by atoms with Gasteiger partial charge in [-0.05, 0) is 6.42 Å². The highest BCUT2D eigenvalue weighted by Gasteiger charge is 2.45. The minimum Gasteiger partial charge on any atom is -0.206 e. The Morgan fingerprint density at radius 1 is 1.57 bits per heavy atom. The Morgan fingerprint density at radius 3 is 2.00 bits per heavy atom. The fraction of sp³-hybridized carbons (Fsp3) is 0.800. The Kier molecular flexibility index (Phi) is 0.839. The fourth-order valence-electron chi connectivity index (χ4n) is 0.564. The molecule has 1 aliphatic carbocycles. The van der Waals surface area contributed by atoms with Gasteiger partial charge in [0.15, 0.2) is 0 Å². The molecule has 1 aliphatic rings. The van der Waals surface area contributed by atoms with Crippen molar-refractivity contribution >= 4 is 0 Å². The molecule has 0 spiro atoms. The van der Waals surface area contributed by atoms with Gasteiger partial charge >= 0.3 is 0 Å². The van der Waals surface area contributed by atoms with Crippen molar-refractivity contribution in [1.29, 1.82) is 0 Å². The molecular weight excluding hydrogens is 98.1 g/mol. The lowest BCUT2D eigenvalue weighted by atomic mass is 9.83. The lowest BCUT2D eigenvalue weighted by Crippen LogP contribution is -2.34. The molecule has 0 heterocycles. The molecule has 0 aromatic heterocycles. The lowest BCUT2D eigenvalue weighted by molar-refractivity contribution is -0.0427. The summed E-state index contributed by atoms with van der Waals surface area (Å²) in [7, 11) is 0. The molecule has 0 bridgehead atoms. The third kappa shape index (κ3) is 0.621. The van der Waals surface area contributed by atoms with Crippen LogP contribution >= 0.6 is 0 Å². The van der Waals surface area contributed by atoms with Gasteiger partial charge in [-0.1, -0.05) is 6.92 Å². The average Bonchev–Trinajstić information content (AvgIpc) is 1.63. The Morgan fingerprint density at radius 2 is 2.00 bits per heavy atom. The van der Waals surface area contributed by atoms with E-state index in [0.29, 0.717) is 12.3 Å². The van der Waals surface area contributed by atoms with Crippen molar-refractivity contribution in [3.63, 3.8) is 0 Å². The first-order valence-corrected chi connectivity index (χ1v) is 2.34. The van der Waals surface area contributed by atoms with Crippen LogP contribution in [0.5, 0.6) is 0 Å². The molecule has 0 aromatic rings. The number of hydrogen-bond donors (Lipinski definition) is 0. The normalized spacial score (nSPS) is 29.6. The summed E-state index contributed by atoms with van der Waals surface area (Å²) in [5, 5.41) is 0. The van der Waals surface area contributed by atoms with Crippen LogP contribution in [0.25, 0.3) is 0 Å². The van der Waals surface area contributed by atoms with Gasteiger partial charge in [-0.25, -0.2) is 8.78 Å². The molecule has 0 N–H and O–H groups in total. The molecule has 0 amide bonds. The van der Waals surface area contributed by atoms with Crippen molar-refractivity contribution in [2.75, 3.05) is 0 Å². The highest BCUT2D eigenvalue weighted by molar-refractivity contribution is 5.08. The summed E-state index contributed by atoms with van der Waals surface area (Å²) in [5.74, 6) is -2.06. The van der Waals surface area contributed by atoms with Crippen molar-refractivity contribution in [3.05, 3.63) is 5.92 Å². The summed E-state index contributed by atoms with van der Waals surface area (Å²) in [6.45, 7) is 1.50. The van der Waals surface area contributed by atoms with Crippen LogP contribution in [0.3, 0.4) is 0 Å². The SMILES string of the molecule is C[C]1CCC1(F)F. The topological polar surface area (TPSA) is 0 Å². The quantitative estimate of drug-likeness (QED) is 0.442. The van der Waals surface area contributed by atoms with E-state index in [2.05, 4.69) is 0 Å². The van der Waals surface area contributed by atoms with Gasteiger partial charge in [-0.2, -0.15) is 0 Å². The maximum atomic E-state index is 11.9. The van der Waals surface area contributed by atoms with E-state index in [1.165, 1.54) is 6.92 Å². The second-order valence-corrected chi connectivity index (χ2v) is 1.98. The van der Waals surface area contributed by atoms with Crippen molar-refractivity contribution < 1.29 is 8.78 Å². The number of hydrogen-bond acceptors (Lipinski definition) is 0. The number of rotatable bonds is 0. The van der Waals surface area contributed by atoms with Crippen LogP contribution in [0.1, 0.15) is 19.8 Å². The zero-order chi connectivity index (χ0) is 5.49. The summed E-state index contributed by atoms with van der Waals surface area (Å²) >= 11 is 0. The summed E-state index contributed by atoms with van der Waals surface area (Å²) in [6, 6.07) is 0. The predicted molar refractivity (Wildman–Crippen MR) is 23.1 cm³/mol. The van der Waals surface area contributed by atoms with E-state index in [4.69, 9.17) is 0 Å². The fourth-order valence-corrected chi connectivity index (χ4v) is 0.564. The molecule has 0 atom stereocenters. The Bertz CT molecular complexity index is 78.1. The molecule has 0 aromatic carbocycles. The molecule has 1 saturated carbocycles. The highest BCUT2D eigenvalue weighted by Crippen LogP contribution is 2.44. The van der Waals surface area contributed by atoms with Gasteiger partial charge in [-0.15, -0.1) is 0 Å². The molecule has 41 valence electrons. The van der Waals surface area contributed by atoms with Crippen LogP contribution in [0, 0.1) is 5.92 Å². The van der Waals surface area contributed by atoms with Crippen molar-refractivity contribution in [3.8, 4) is 0 Å². The van der Waals surface area contributed by atoms with Crippen LogP contribution in [0.15, 0.2) is 0 Å². The second kappa shape index (κ2) is 1.17. The summed E-state index contributed by atoms with van der Waals surface area (Å²) in [5.41, 5.74) is 0. The number of halogens is 2. The van der Waals surface area contributed by atoms with Gasteiger partial charge in [0.25, 0.3) is 5.92 Å². The van der Waals surface area contributed by atoms with E-state index in [9.17, 15) is 8.78 Å². The maximum absolute atomic E-state index is 11.9. The van der Waals surface area contributed by atoms with Gasteiger partial charge in [-0.3, -0.25) is 0 Å². The molecule has 0 unspecified atom stereocenters. The van der Waals surface area contributed by atoms with E-state index in [1.54, 1.807) is 0 Å². The predicted octanol–water partition coefficient (Wildman–Crippen LogP) is 2.01. The van der Waals surface area contributed by atoms with Gasteiger partial charge in [0.2, 0.25) is 0 Å². The van der Waals surface area contributed by atoms with Crippen LogP contribution in [-0.4, -0.2) is 5.92 Å². The third-order valence-corrected chi connectivity index (χ3v) is 1.44. The molecule has 2 heteroatoms. The Labute approximate surface area is 41.5 Å². The standard InChI is InChI=1S/C5H7F2/c1-4-2-3-5(4,6)7/h2-3H2,1H3. The molecular formula is C5H7F2. The van der Waals surface area contributed by atoms with Crippen LogP contribution < -0.4 is 0 Å². The maximum Gasteiger partial charge on any atom is 0.254 e. The minimum atomic E-state index is -2.40. The van der Waals surface area contributed by atoms with Crippen LogP contribution in [-0.2, 0) is 0 Å². The van der Waals surface area contributed by atoms with Crippen LogP contribution in [0.4, 0.5) is 8.78 Å². The van der Waals surface area contributed by atoms with Gasteiger partial charge in [0.1, 0.15) is 0 Å². The van der Waals surface area contributed by atoms with E-state index in [-0.39, 0.29) is 6.42 Å². The van der Waals surface area contributed by atoms with E-state index < -0.39 is 5.92 Å². The molecule has 1 fully saturated rings. The highest BCUT2D eigenvalue weighted by atomic mass is 19.3. The van der Waals surface area contributed by atoms with Crippen LogP contribution in [0.2, 0.25) is 0 Å².